The van der Waals surface area contributed by atoms with Crippen LogP contribution in [0.1, 0.15) is 34.6 Å². The van der Waals surface area contributed by atoms with Crippen LogP contribution in [-0.4, -0.2) is 41.2 Å². The lowest BCUT2D eigenvalue weighted by molar-refractivity contribution is 0.0492. The molecule has 0 unspecified atom stereocenters. The molecule has 0 aromatic rings. The van der Waals surface area contributed by atoms with Gasteiger partial charge in [-0.05, 0) is 13.8 Å². The van der Waals surface area contributed by atoms with Gasteiger partial charge in [0.2, 0.25) is 6.08 Å². The van der Waals surface area contributed by atoms with Crippen LogP contribution in [0.2, 0.25) is 5.04 Å². The molecule has 0 aromatic heterocycles. The molecule has 0 aliphatic rings. The molecule has 6 heteroatoms. The maximum Gasteiger partial charge on any atom is 0.506 e. The standard InChI is InChI=1S/C11H23NO4Si/c1-6-14-17(15-7-2,11(3,4)5)16-9-8-12-10-13/h6-9H2,1-5H3. The zero-order valence-corrected chi connectivity index (χ0v) is 12.4. The van der Waals surface area contributed by atoms with Crippen molar-refractivity contribution in [1.29, 1.82) is 0 Å². The summed E-state index contributed by atoms with van der Waals surface area (Å²) in [5.41, 5.74) is 0. The van der Waals surface area contributed by atoms with Crippen LogP contribution >= 0.6 is 0 Å². The summed E-state index contributed by atoms with van der Waals surface area (Å²) < 4.78 is 17.3. The maximum absolute atomic E-state index is 9.98. The van der Waals surface area contributed by atoms with Gasteiger partial charge in [0.1, 0.15) is 0 Å². The van der Waals surface area contributed by atoms with Crippen LogP contribution in [0.25, 0.3) is 0 Å². The molecule has 0 aliphatic carbocycles. The Kier molecular flexibility index (Phi) is 7.50. The van der Waals surface area contributed by atoms with Crippen molar-refractivity contribution in [2.45, 2.75) is 39.7 Å². The number of aliphatic imine (C=N–C) groups is 1. The van der Waals surface area contributed by atoms with Gasteiger partial charge in [-0.1, -0.05) is 20.8 Å². The fourth-order valence-electron chi connectivity index (χ4n) is 1.43. The first kappa shape index (κ1) is 16.5. The van der Waals surface area contributed by atoms with Gasteiger partial charge in [0.25, 0.3) is 0 Å². The molecule has 0 aliphatic heterocycles. The first-order chi connectivity index (χ1) is 7.93. The number of hydrogen-bond donors (Lipinski definition) is 0. The molecule has 0 heterocycles. The lowest BCUT2D eigenvalue weighted by Gasteiger charge is -2.38. The third kappa shape index (κ3) is 5.10. The molecule has 0 saturated carbocycles. The zero-order chi connectivity index (χ0) is 13.4. The Balaban J connectivity index is 4.71. The van der Waals surface area contributed by atoms with E-state index in [0.717, 1.165) is 0 Å². The third-order valence-electron chi connectivity index (χ3n) is 2.15. The topological polar surface area (TPSA) is 57.1 Å². The quantitative estimate of drug-likeness (QED) is 0.291. The molecule has 0 radical (unpaired) electrons. The van der Waals surface area contributed by atoms with Crippen molar-refractivity contribution >= 4 is 14.9 Å². The van der Waals surface area contributed by atoms with Gasteiger partial charge in [-0.15, -0.1) is 0 Å². The lowest BCUT2D eigenvalue weighted by Crippen LogP contribution is -2.54. The first-order valence-electron chi connectivity index (χ1n) is 5.89. The highest BCUT2D eigenvalue weighted by Crippen LogP contribution is 2.38. The summed E-state index contributed by atoms with van der Waals surface area (Å²) in [6.45, 7) is 11.6. The van der Waals surface area contributed by atoms with Crippen LogP contribution in [0.3, 0.4) is 0 Å². The molecule has 17 heavy (non-hydrogen) atoms. The fraction of sp³-hybridized carbons (Fsp3) is 0.909. The SMILES string of the molecule is CCO[Si](OCC)(OCCN=C=O)C(C)(C)C. The molecule has 0 saturated heterocycles. The van der Waals surface area contributed by atoms with E-state index in [2.05, 4.69) is 4.99 Å². The van der Waals surface area contributed by atoms with Crippen molar-refractivity contribution < 1.29 is 18.1 Å². The van der Waals surface area contributed by atoms with Crippen LogP contribution in [0.4, 0.5) is 0 Å². The second kappa shape index (κ2) is 7.74. The number of nitrogens with zero attached hydrogens (tertiary/aromatic N) is 1. The van der Waals surface area contributed by atoms with E-state index in [0.29, 0.717) is 19.8 Å². The summed E-state index contributed by atoms with van der Waals surface area (Å²) in [6, 6.07) is 0. The van der Waals surface area contributed by atoms with Crippen molar-refractivity contribution in [2.75, 3.05) is 26.4 Å². The number of isocyanates is 1. The Bertz CT molecular complexity index is 253. The average Bonchev–Trinajstić information content (AvgIpc) is 2.23. The highest BCUT2D eigenvalue weighted by molar-refractivity contribution is 6.64. The van der Waals surface area contributed by atoms with E-state index in [-0.39, 0.29) is 11.6 Å². The molecule has 0 rings (SSSR count). The van der Waals surface area contributed by atoms with Crippen LogP contribution in [0, 0.1) is 0 Å². The second-order valence-corrected chi connectivity index (χ2v) is 7.97. The molecule has 0 spiro atoms. The highest BCUT2D eigenvalue weighted by atomic mass is 28.4. The summed E-state index contributed by atoms with van der Waals surface area (Å²) in [5.74, 6) is 0. The molecule has 0 atom stereocenters. The van der Waals surface area contributed by atoms with Crippen molar-refractivity contribution in [1.82, 2.24) is 0 Å². The van der Waals surface area contributed by atoms with Crippen LogP contribution in [0.15, 0.2) is 4.99 Å². The Hall–Kier alpha value is -0.523. The van der Waals surface area contributed by atoms with Gasteiger partial charge in [-0.25, -0.2) is 9.79 Å². The monoisotopic (exact) mass is 261 g/mol. The molecule has 0 bridgehead atoms. The Labute approximate surface area is 105 Å². The van der Waals surface area contributed by atoms with Gasteiger partial charge in [0.15, 0.2) is 0 Å². The van der Waals surface area contributed by atoms with E-state index in [9.17, 15) is 4.79 Å². The summed E-state index contributed by atoms with van der Waals surface area (Å²) in [4.78, 5) is 13.4. The minimum absolute atomic E-state index is 0.204. The van der Waals surface area contributed by atoms with Gasteiger partial charge in [-0.3, -0.25) is 0 Å². The van der Waals surface area contributed by atoms with Crippen LogP contribution in [0.5, 0.6) is 0 Å². The van der Waals surface area contributed by atoms with Gasteiger partial charge in [-0.2, -0.15) is 0 Å². The molecule has 0 amide bonds. The molecule has 100 valence electrons. The van der Waals surface area contributed by atoms with Gasteiger partial charge >= 0.3 is 8.80 Å². The van der Waals surface area contributed by atoms with E-state index in [1.807, 2.05) is 34.6 Å². The minimum atomic E-state index is -2.74. The van der Waals surface area contributed by atoms with Crippen molar-refractivity contribution in [3.63, 3.8) is 0 Å². The summed E-state index contributed by atoms with van der Waals surface area (Å²) in [5, 5.41) is -0.204. The number of hydrogen-bond acceptors (Lipinski definition) is 5. The van der Waals surface area contributed by atoms with Crippen LogP contribution in [-0.2, 0) is 18.1 Å². The predicted octanol–water partition coefficient (Wildman–Crippen LogP) is 2.15. The normalized spacial score (nSPS) is 12.3. The summed E-state index contributed by atoms with van der Waals surface area (Å²) >= 11 is 0. The zero-order valence-electron chi connectivity index (χ0n) is 11.4. The molecule has 0 fully saturated rings. The first-order valence-corrected chi connectivity index (χ1v) is 7.61. The van der Waals surface area contributed by atoms with E-state index < -0.39 is 8.80 Å². The molecule has 0 N–H and O–H groups in total. The van der Waals surface area contributed by atoms with Gasteiger partial charge < -0.3 is 13.3 Å². The van der Waals surface area contributed by atoms with E-state index >= 15 is 0 Å². The molecule has 0 aromatic carbocycles. The smallest absolute Gasteiger partial charge is 0.373 e. The summed E-state index contributed by atoms with van der Waals surface area (Å²) in [7, 11) is -2.74. The number of carbonyl (C=O) groups excluding carboxylic acids is 1. The Morgan fingerprint density at radius 1 is 1.12 bits per heavy atom. The maximum atomic E-state index is 9.98. The van der Waals surface area contributed by atoms with Crippen molar-refractivity contribution in [3.05, 3.63) is 0 Å². The Morgan fingerprint density at radius 3 is 2.00 bits per heavy atom. The van der Waals surface area contributed by atoms with Crippen molar-refractivity contribution in [2.24, 2.45) is 4.99 Å². The molecular weight excluding hydrogens is 238 g/mol. The van der Waals surface area contributed by atoms with Crippen molar-refractivity contribution in [3.8, 4) is 0 Å². The minimum Gasteiger partial charge on any atom is -0.373 e. The van der Waals surface area contributed by atoms with Crippen LogP contribution < -0.4 is 0 Å². The summed E-state index contributed by atoms with van der Waals surface area (Å²) in [6.07, 6.45) is 1.49. The van der Waals surface area contributed by atoms with Gasteiger partial charge in [0.05, 0.1) is 13.2 Å². The predicted molar refractivity (Wildman–Crippen MR) is 67.7 cm³/mol. The largest absolute Gasteiger partial charge is 0.506 e. The lowest BCUT2D eigenvalue weighted by atomic mass is 10.3. The van der Waals surface area contributed by atoms with E-state index in [1.54, 1.807) is 0 Å². The highest BCUT2D eigenvalue weighted by Gasteiger charge is 2.52. The van der Waals surface area contributed by atoms with Gasteiger partial charge in [0, 0.05) is 18.3 Å². The average molecular weight is 261 g/mol. The van der Waals surface area contributed by atoms with E-state index in [1.165, 1.54) is 6.08 Å². The Morgan fingerprint density at radius 2 is 1.65 bits per heavy atom. The molecular formula is C11H23NO4Si. The third-order valence-corrected chi connectivity index (χ3v) is 5.91. The fourth-order valence-corrected chi connectivity index (χ4v) is 4.09. The second-order valence-electron chi connectivity index (χ2n) is 4.49. The molecule has 5 nitrogen and oxygen atoms in total. The number of rotatable bonds is 8. The van der Waals surface area contributed by atoms with E-state index in [4.69, 9.17) is 13.3 Å².